The Morgan fingerprint density at radius 1 is 1.06 bits per heavy atom. The molecule has 1 atom stereocenters. The van der Waals surface area contributed by atoms with Crippen LogP contribution in [0.5, 0.6) is 0 Å². The third-order valence-corrected chi connectivity index (χ3v) is 6.59. The van der Waals surface area contributed by atoms with Gasteiger partial charge in [0.1, 0.15) is 6.04 Å². The van der Waals surface area contributed by atoms with Gasteiger partial charge in [-0.25, -0.2) is 8.42 Å². The first-order chi connectivity index (χ1) is 15.2. The fourth-order valence-electron chi connectivity index (χ4n) is 3.29. The molecule has 0 aliphatic carbocycles. The van der Waals surface area contributed by atoms with Crippen LogP contribution in [0.4, 0.5) is 11.4 Å². The van der Waals surface area contributed by atoms with Gasteiger partial charge >= 0.3 is 5.97 Å². The van der Waals surface area contributed by atoms with Gasteiger partial charge in [-0.3, -0.25) is 9.59 Å². The fourth-order valence-corrected chi connectivity index (χ4v) is 4.52. The van der Waals surface area contributed by atoms with Gasteiger partial charge in [-0.05, 0) is 49.7 Å². The predicted molar refractivity (Wildman–Crippen MR) is 120 cm³/mol. The molecule has 1 amide bonds. The minimum atomic E-state index is -4.00. The van der Waals surface area contributed by atoms with Gasteiger partial charge in [0.05, 0.1) is 18.1 Å². The molecule has 10 heteroatoms. The molecule has 0 radical (unpaired) electrons. The summed E-state index contributed by atoms with van der Waals surface area (Å²) in [6, 6.07) is 12.1. The van der Waals surface area contributed by atoms with Crippen molar-refractivity contribution < 1.29 is 27.9 Å². The van der Waals surface area contributed by atoms with Crippen molar-refractivity contribution in [2.24, 2.45) is 0 Å². The van der Waals surface area contributed by atoms with E-state index < -0.39 is 27.9 Å². The van der Waals surface area contributed by atoms with Crippen LogP contribution >= 0.6 is 0 Å². The molecule has 32 heavy (non-hydrogen) atoms. The van der Waals surface area contributed by atoms with E-state index in [1.165, 1.54) is 12.1 Å². The lowest BCUT2D eigenvalue weighted by atomic mass is 10.1. The van der Waals surface area contributed by atoms with Crippen LogP contribution in [0.25, 0.3) is 0 Å². The van der Waals surface area contributed by atoms with Gasteiger partial charge in [-0.2, -0.15) is 4.72 Å². The molecule has 1 fully saturated rings. The molecule has 2 aromatic rings. The average Bonchev–Trinajstić information content (AvgIpc) is 2.78. The number of carboxylic acid groups (broad SMARTS) is 1. The molecule has 9 nitrogen and oxygen atoms in total. The zero-order chi connectivity index (χ0) is 23.1. The van der Waals surface area contributed by atoms with Crippen molar-refractivity contribution in [3.8, 4) is 0 Å². The number of amides is 1. The van der Waals surface area contributed by atoms with Crippen LogP contribution in [0.3, 0.4) is 0 Å². The summed E-state index contributed by atoms with van der Waals surface area (Å²) in [7, 11) is -4.00. The second-order valence-electron chi connectivity index (χ2n) is 7.55. The Hall–Kier alpha value is -2.95. The van der Waals surface area contributed by atoms with Crippen LogP contribution in [0.2, 0.25) is 0 Å². The molecule has 172 valence electrons. The molecule has 3 rings (SSSR count). The minimum Gasteiger partial charge on any atom is -0.481 e. The van der Waals surface area contributed by atoms with Gasteiger partial charge in [-0.15, -0.1) is 0 Å². The largest absolute Gasteiger partial charge is 0.481 e. The summed E-state index contributed by atoms with van der Waals surface area (Å²) in [6.45, 7) is 4.71. The number of nitrogens with one attached hydrogen (secondary N) is 2. The zero-order valence-electron chi connectivity index (χ0n) is 17.8. The monoisotopic (exact) mass is 461 g/mol. The molecule has 3 N–H and O–H groups in total. The third-order valence-electron chi connectivity index (χ3n) is 5.10. The number of nitrogens with zero attached hydrogens (tertiary/aromatic N) is 1. The summed E-state index contributed by atoms with van der Waals surface area (Å²) in [4.78, 5) is 26.0. The van der Waals surface area contributed by atoms with E-state index in [4.69, 9.17) is 9.84 Å². The number of rotatable bonds is 9. The maximum Gasteiger partial charge on any atom is 0.303 e. The average molecular weight is 462 g/mol. The van der Waals surface area contributed by atoms with E-state index in [2.05, 4.69) is 14.9 Å². The van der Waals surface area contributed by atoms with Crippen LogP contribution in [0.15, 0.2) is 53.4 Å². The first kappa shape index (κ1) is 23.7. The molecule has 0 spiro atoms. The number of carboxylic acids is 1. The van der Waals surface area contributed by atoms with E-state index in [0.29, 0.717) is 18.9 Å². The molecule has 1 heterocycles. The molecule has 0 bridgehead atoms. The highest BCUT2D eigenvalue weighted by Gasteiger charge is 2.26. The van der Waals surface area contributed by atoms with Gasteiger partial charge in [0.2, 0.25) is 15.9 Å². The van der Waals surface area contributed by atoms with Gasteiger partial charge < -0.3 is 20.1 Å². The van der Waals surface area contributed by atoms with E-state index >= 15 is 0 Å². The van der Waals surface area contributed by atoms with Crippen molar-refractivity contribution in [3.05, 3.63) is 54.1 Å². The van der Waals surface area contributed by atoms with E-state index in [1.807, 2.05) is 19.1 Å². The molecule has 1 aliphatic rings. The summed E-state index contributed by atoms with van der Waals surface area (Å²) in [5.41, 5.74) is 2.38. The van der Waals surface area contributed by atoms with Crippen LogP contribution in [0.1, 0.15) is 18.4 Å². The van der Waals surface area contributed by atoms with Crippen LogP contribution in [0, 0.1) is 6.92 Å². The molecule has 0 saturated carbocycles. The van der Waals surface area contributed by atoms with Gasteiger partial charge in [-0.1, -0.05) is 17.7 Å². The fraction of sp³-hybridized carbons (Fsp3) is 0.364. The number of carbonyl (C=O) groups excluding carboxylic acids is 1. The predicted octanol–water partition coefficient (Wildman–Crippen LogP) is 1.98. The maximum atomic E-state index is 12.8. The van der Waals surface area contributed by atoms with Crippen molar-refractivity contribution in [3.63, 3.8) is 0 Å². The number of anilines is 2. The smallest absolute Gasteiger partial charge is 0.303 e. The number of benzene rings is 2. The van der Waals surface area contributed by atoms with Gasteiger partial charge in [0, 0.05) is 30.9 Å². The number of carbonyl (C=O) groups is 2. The van der Waals surface area contributed by atoms with Gasteiger partial charge in [0.25, 0.3) is 0 Å². The Morgan fingerprint density at radius 2 is 1.69 bits per heavy atom. The van der Waals surface area contributed by atoms with E-state index in [-0.39, 0.29) is 17.7 Å². The van der Waals surface area contributed by atoms with Gasteiger partial charge in [0.15, 0.2) is 0 Å². The Kier molecular flexibility index (Phi) is 7.84. The summed E-state index contributed by atoms with van der Waals surface area (Å²) in [6.07, 6.45) is -0.539. The minimum absolute atomic E-state index is 0.00564. The second kappa shape index (κ2) is 10.6. The molecule has 2 aromatic carbocycles. The highest BCUT2D eigenvalue weighted by atomic mass is 32.2. The summed E-state index contributed by atoms with van der Waals surface area (Å²) in [5.74, 6) is -1.74. The van der Waals surface area contributed by atoms with Crippen LogP contribution in [-0.2, 0) is 24.3 Å². The van der Waals surface area contributed by atoms with E-state index in [9.17, 15) is 18.0 Å². The lowest BCUT2D eigenvalue weighted by molar-refractivity contribution is -0.137. The number of aryl methyl sites for hydroxylation is 1. The highest BCUT2D eigenvalue weighted by molar-refractivity contribution is 7.89. The summed E-state index contributed by atoms with van der Waals surface area (Å²) < 4.78 is 33.1. The Bertz CT molecular complexity index is 1030. The number of morpholine rings is 1. The Morgan fingerprint density at radius 3 is 2.28 bits per heavy atom. The first-order valence-corrected chi connectivity index (χ1v) is 11.8. The van der Waals surface area contributed by atoms with E-state index in [0.717, 1.165) is 24.3 Å². The first-order valence-electron chi connectivity index (χ1n) is 10.3. The van der Waals surface area contributed by atoms with Crippen molar-refractivity contribution in [2.45, 2.75) is 30.7 Å². The highest BCUT2D eigenvalue weighted by Crippen LogP contribution is 2.20. The number of sulfonamides is 1. The van der Waals surface area contributed by atoms with Crippen molar-refractivity contribution in [2.75, 3.05) is 36.5 Å². The van der Waals surface area contributed by atoms with Crippen molar-refractivity contribution in [1.82, 2.24) is 4.72 Å². The summed E-state index contributed by atoms with van der Waals surface area (Å²) >= 11 is 0. The zero-order valence-corrected chi connectivity index (χ0v) is 18.6. The van der Waals surface area contributed by atoms with E-state index in [1.54, 1.807) is 24.3 Å². The van der Waals surface area contributed by atoms with Crippen LogP contribution in [-0.4, -0.2) is 57.7 Å². The Balaban J connectivity index is 1.71. The molecular weight excluding hydrogens is 434 g/mol. The lowest BCUT2D eigenvalue weighted by Gasteiger charge is -2.29. The van der Waals surface area contributed by atoms with Crippen LogP contribution < -0.4 is 14.9 Å². The third kappa shape index (κ3) is 6.52. The molecular formula is C22H27N3O6S. The quantitative estimate of drug-likeness (QED) is 0.521. The Labute approximate surface area is 187 Å². The molecule has 0 aromatic heterocycles. The molecule has 1 saturated heterocycles. The maximum absolute atomic E-state index is 12.8. The number of hydrogen-bond donors (Lipinski definition) is 3. The topological polar surface area (TPSA) is 125 Å². The van der Waals surface area contributed by atoms with Crippen molar-refractivity contribution in [1.29, 1.82) is 0 Å². The molecule has 1 aliphatic heterocycles. The number of aliphatic carboxylic acids is 1. The number of hydrogen-bond acceptors (Lipinski definition) is 6. The molecule has 1 unspecified atom stereocenters. The number of ether oxygens (including phenoxy) is 1. The normalized spacial score (nSPS) is 15.2. The summed E-state index contributed by atoms with van der Waals surface area (Å²) in [5, 5.41) is 11.7. The second-order valence-corrected chi connectivity index (χ2v) is 9.27. The standard InChI is InChI=1S/C22H27N3O6S/c1-16-2-8-19(9-3-16)32(29,30)24-20(10-11-21(26)27)22(28)23-17-4-6-18(7-5-17)25-12-14-31-15-13-25/h2-9,20,24H,10-15H2,1H3,(H,23,28)(H,26,27). The van der Waals surface area contributed by atoms with Crippen molar-refractivity contribution >= 4 is 33.3 Å². The lowest BCUT2D eigenvalue weighted by Crippen LogP contribution is -2.44. The SMILES string of the molecule is Cc1ccc(S(=O)(=O)NC(CCC(=O)O)C(=O)Nc2ccc(N3CCOCC3)cc2)cc1.